The van der Waals surface area contributed by atoms with Crippen LogP contribution in [0.2, 0.25) is 0 Å². The van der Waals surface area contributed by atoms with E-state index in [4.69, 9.17) is 9.40 Å². The van der Waals surface area contributed by atoms with Crippen LogP contribution in [0.15, 0.2) is 57.7 Å². The van der Waals surface area contributed by atoms with E-state index in [1.807, 2.05) is 19.2 Å². The molecule has 1 unspecified atom stereocenters. The molecule has 0 amide bonds. The summed E-state index contributed by atoms with van der Waals surface area (Å²) in [5.41, 5.74) is 3.47. The molecule has 3 saturated carbocycles. The third-order valence-corrected chi connectivity index (χ3v) is 11.1. The molecule has 0 spiro atoms. The topological polar surface area (TPSA) is 86.7 Å². The molecule has 4 aliphatic carbocycles. The van der Waals surface area contributed by atoms with Crippen molar-refractivity contribution >= 4 is 0 Å². The van der Waals surface area contributed by atoms with Crippen molar-refractivity contribution < 1.29 is 19.7 Å². The highest BCUT2D eigenvalue weighted by atomic mass is 16.4. The summed E-state index contributed by atoms with van der Waals surface area (Å²) in [6, 6.07) is 0. The maximum Gasteiger partial charge on any atom is 0.203 e. The van der Waals surface area contributed by atoms with Crippen molar-refractivity contribution in [3.63, 3.8) is 0 Å². The van der Waals surface area contributed by atoms with Crippen LogP contribution < -0.4 is 0 Å². The van der Waals surface area contributed by atoms with Gasteiger partial charge in [0.1, 0.15) is 5.76 Å². The fourth-order valence-corrected chi connectivity index (χ4v) is 8.70. The predicted octanol–water partition coefficient (Wildman–Crippen LogP) is 7.13. The first-order valence-electron chi connectivity index (χ1n) is 15.7. The molecule has 0 aliphatic heterocycles. The summed E-state index contributed by atoms with van der Waals surface area (Å²) in [6.45, 7) is 15.7. The molecule has 40 heavy (non-hydrogen) atoms. The number of allylic oxidation sites excluding steroid dienone is 4. The van der Waals surface area contributed by atoms with Crippen LogP contribution in [0.25, 0.3) is 0 Å². The van der Waals surface area contributed by atoms with Crippen molar-refractivity contribution in [2.75, 3.05) is 0 Å². The lowest BCUT2D eigenvalue weighted by Crippen LogP contribution is -2.41. The number of rotatable bonds is 4. The Morgan fingerprint density at radius 1 is 1.12 bits per heavy atom. The Balaban J connectivity index is 1.70. The second kappa shape index (κ2) is 11.0. The lowest BCUT2D eigenvalue weighted by molar-refractivity contribution is 0.0680. The molecule has 7 atom stereocenters. The Bertz CT molecular complexity index is 1200. The minimum absolute atomic E-state index is 0.0525. The normalized spacial score (nSPS) is 42.0. The number of hydrogen-bond donors (Lipinski definition) is 3. The zero-order valence-electron chi connectivity index (χ0n) is 25.4. The van der Waals surface area contributed by atoms with Crippen LogP contribution in [-0.4, -0.2) is 38.6 Å². The molecule has 1 heterocycles. The van der Waals surface area contributed by atoms with Crippen LogP contribution >= 0.6 is 0 Å². The number of aliphatic hydroxyl groups is 3. The molecular formula is C35H51NO4. The molecule has 0 aromatic carbocycles. The van der Waals surface area contributed by atoms with E-state index in [1.165, 1.54) is 31.3 Å². The van der Waals surface area contributed by atoms with Gasteiger partial charge in [-0.2, -0.15) is 0 Å². The van der Waals surface area contributed by atoms with Gasteiger partial charge in [0.05, 0.1) is 29.9 Å². The monoisotopic (exact) mass is 549 g/mol. The van der Waals surface area contributed by atoms with E-state index in [1.54, 1.807) is 0 Å². The molecule has 3 N–H and O–H groups in total. The number of aromatic nitrogens is 1. The average molecular weight is 550 g/mol. The lowest BCUT2D eigenvalue weighted by atomic mass is 9.57. The summed E-state index contributed by atoms with van der Waals surface area (Å²) in [7, 11) is 0. The zero-order chi connectivity index (χ0) is 28.9. The predicted molar refractivity (Wildman–Crippen MR) is 160 cm³/mol. The summed E-state index contributed by atoms with van der Waals surface area (Å²) in [5.74, 6) is 2.43. The molecule has 1 aromatic heterocycles. The number of nitrogens with zero attached hydrogens (tertiary/aromatic N) is 1. The van der Waals surface area contributed by atoms with Gasteiger partial charge in [0.15, 0.2) is 0 Å². The highest BCUT2D eigenvalue weighted by Crippen LogP contribution is 2.62. The first kappa shape index (κ1) is 29.5. The SMILES string of the molecule is C=C1/C(=C2\C=C3/CCC[C@]4(C)[C@H](CC[C@@H]34)C(C)(C)/C=C/[C@@H](O)C(C)(c3ncc(CCCC)o3)C2)C[C@@H](O)C[C@@H]1O. The highest BCUT2D eigenvalue weighted by Gasteiger charge is 2.54. The minimum Gasteiger partial charge on any atom is -0.445 e. The van der Waals surface area contributed by atoms with Gasteiger partial charge in [0.2, 0.25) is 5.89 Å². The summed E-state index contributed by atoms with van der Waals surface area (Å²) < 4.78 is 6.36. The van der Waals surface area contributed by atoms with Gasteiger partial charge in [-0.05, 0) is 97.7 Å². The van der Waals surface area contributed by atoms with Gasteiger partial charge in [-0.3, -0.25) is 0 Å². The molecule has 5 nitrogen and oxygen atoms in total. The van der Waals surface area contributed by atoms with Gasteiger partial charge in [-0.25, -0.2) is 4.98 Å². The van der Waals surface area contributed by atoms with Gasteiger partial charge in [0.25, 0.3) is 0 Å². The van der Waals surface area contributed by atoms with E-state index in [9.17, 15) is 15.3 Å². The summed E-state index contributed by atoms with van der Waals surface area (Å²) in [4.78, 5) is 4.74. The van der Waals surface area contributed by atoms with Crippen molar-refractivity contribution in [3.05, 3.63) is 64.9 Å². The molecular weight excluding hydrogens is 498 g/mol. The van der Waals surface area contributed by atoms with E-state index in [-0.39, 0.29) is 10.8 Å². The van der Waals surface area contributed by atoms with E-state index in [0.29, 0.717) is 42.6 Å². The third-order valence-electron chi connectivity index (χ3n) is 11.1. The summed E-state index contributed by atoms with van der Waals surface area (Å²) in [6.07, 6.45) is 16.2. The van der Waals surface area contributed by atoms with Crippen molar-refractivity contribution in [3.8, 4) is 0 Å². The Labute approximate surface area is 241 Å². The maximum absolute atomic E-state index is 12.0. The third kappa shape index (κ3) is 5.23. The Kier molecular flexibility index (Phi) is 8.15. The van der Waals surface area contributed by atoms with E-state index >= 15 is 0 Å². The minimum atomic E-state index is -0.833. The fourth-order valence-electron chi connectivity index (χ4n) is 8.70. The molecule has 5 rings (SSSR count). The van der Waals surface area contributed by atoms with Gasteiger partial charge >= 0.3 is 0 Å². The van der Waals surface area contributed by atoms with Crippen molar-refractivity contribution in [2.45, 2.75) is 129 Å². The molecule has 4 aliphatic rings. The zero-order valence-corrected chi connectivity index (χ0v) is 25.4. The fraction of sp³-hybridized carbons (Fsp3) is 0.686. The van der Waals surface area contributed by atoms with E-state index in [0.717, 1.165) is 42.6 Å². The number of oxazole rings is 1. The smallest absolute Gasteiger partial charge is 0.203 e. The first-order chi connectivity index (χ1) is 18.9. The molecule has 5 heteroatoms. The van der Waals surface area contributed by atoms with E-state index in [2.05, 4.69) is 46.4 Å². The van der Waals surface area contributed by atoms with Gasteiger partial charge in [-0.15, -0.1) is 0 Å². The molecule has 0 radical (unpaired) electrons. The molecule has 0 saturated heterocycles. The van der Waals surface area contributed by atoms with Gasteiger partial charge < -0.3 is 19.7 Å². The number of unbranched alkanes of at least 4 members (excludes halogenated alkanes) is 1. The van der Waals surface area contributed by atoms with Crippen molar-refractivity contribution in [1.82, 2.24) is 4.98 Å². The molecule has 3 fully saturated rings. The average Bonchev–Trinajstić information content (AvgIpc) is 3.52. The maximum atomic E-state index is 12.0. The number of aliphatic hydroxyl groups excluding tert-OH is 3. The molecule has 1 aromatic rings. The van der Waals surface area contributed by atoms with Crippen LogP contribution in [0.4, 0.5) is 0 Å². The summed E-state index contributed by atoms with van der Waals surface area (Å²) in [5, 5.41) is 33.5. The quantitative estimate of drug-likeness (QED) is 0.348. The van der Waals surface area contributed by atoms with Crippen LogP contribution in [0.1, 0.15) is 110 Å². The Morgan fingerprint density at radius 3 is 2.65 bits per heavy atom. The molecule has 4 bridgehead atoms. The summed E-state index contributed by atoms with van der Waals surface area (Å²) >= 11 is 0. The van der Waals surface area contributed by atoms with Crippen LogP contribution in [0.3, 0.4) is 0 Å². The Hall–Kier alpha value is -1.95. The van der Waals surface area contributed by atoms with Gasteiger partial charge in [0, 0.05) is 12.8 Å². The van der Waals surface area contributed by atoms with Crippen LogP contribution in [0, 0.1) is 22.7 Å². The second-order valence-corrected chi connectivity index (χ2v) is 14.4. The van der Waals surface area contributed by atoms with Crippen LogP contribution in [0.5, 0.6) is 0 Å². The highest BCUT2D eigenvalue weighted by molar-refractivity contribution is 5.46. The van der Waals surface area contributed by atoms with Crippen LogP contribution in [-0.2, 0) is 11.8 Å². The van der Waals surface area contributed by atoms with Crippen molar-refractivity contribution in [2.24, 2.45) is 22.7 Å². The largest absolute Gasteiger partial charge is 0.445 e. The van der Waals surface area contributed by atoms with Crippen molar-refractivity contribution in [1.29, 1.82) is 0 Å². The number of hydrogen-bond acceptors (Lipinski definition) is 5. The molecule has 220 valence electrons. The standard InChI is InChI=1S/C35H51NO4/c1-7-8-11-26-21-36-32(40-26)35(6)20-24(27-18-25(37)19-29(38)22(27)2)17-23-10-9-15-34(5)28(23)12-13-30(34)33(3,4)16-14-31(35)39/h14,16-17,21,25,28-31,37-39H,2,7-13,15,18-20H2,1,3-6H3/b16-14+,23-17+,27-24+/t25-,28+,29+,30-,31-,34+,35?/m1/s1. The first-order valence-corrected chi connectivity index (χ1v) is 15.7. The van der Waals surface area contributed by atoms with E-state index < -0.39 is 23.7 Å². The second-order valence-electron chi connectivity index (χ2n) is 14.4. The van der Waals surface area contributed by atoms with Gasteiger partial charge in [-0.1, -0.05) is 64.5 Å². The number of aryl methyl sites for hydroxylation is 1. The Morgan fingerprint density at radius 2 is 1.90 bits per heavy atom. The lowest BCUT2D eigenvalue weighted by Gasteiger charge is -2.48.